The van der Waals surface area contributed by atoms with Crippen molar-refractivity contribution in [3.05, 3.63) is 6.42 Å². The van der Waals surface area contributed by atoms with Gasteiger partial charge in [-0.05, 0) is 0 Å². The lowest BCUT2D eigenvalue weighted by Crippen LogP contribution is -2.00. The van der Waals surface area contributed by atoms with Gasteiger partial charge in [0.2, 0.25) is 0 Å². The summed E-state index contributed by atoms with van der Waals surface area (Å²) >= 11 is 0. The molecule has 0 rings (SSSR count). The minimum absolute atomic E-state index is 1.24. The summed E-state index contributed by atoms with van der Waals surface area (Å²) < 4.78 is 0. The molecule has 0 saturated carbocycles. The van der Waals surface area contributed by atoms with Crippen LogP contribution in [0.1, 0.15) is 6.92 Å². The van der Waals surface area contributed by atoms with Crippen LogP contribution in [0.25, 0.3) is 0 Å². The quantitative estimate of drug-likeness (QED) is 0.413. The van der Waals surface area contributed by atoms with Crippen LogP contribution in [0.5, 0.6) is 0 Å². The minimum Gasteiger partial charge on any atom is -0.368 e. The molecule has 0 atom stereocenters. The van der Waals surface area contributed by atoms with Crippen LogP contribution in [0, 0.1) is 6.42 Å². The Bertz CT molecular complexity index is 18.9. The van der Waals surface area contributed by atoms with Gasteiger partial charge in [0.05, 0.1) is 0 Å². The summed E-state index contributed by atoms with van der Waals surface area (Å²) in [5.74, 6) is 0. The van der Waals surface area contributed by atoms with Gasteiger partial charge < -0.3 is 10.2 Å². The molecule has 1 radical (unpaired) electrons. The molecule has 0 bridgehead atoms. The molecule has 2 nitrogen and oxygen atoms in total. The maximum atomic E-state index is 7.86. The lowest BCUT2D eigenvalue weighted by Gasteiger charge is -1.89. The lowest BCUT2D eigenvalue weighted by atomic mass is 10.5. The number of rotatable bonds is 1. The van der Waals surface area contributed by atoms with Crippen LogP contribution in [0.3, 0.4) is 0 Å². The Kier molecular flexibility index (Phi) is 2.14. The second-order valence-electron chi connectivity index (χ2n) is 0.747. The molecule has 0 aliphatic heterocycles. The number of hydrogen-bond donors (Lipinski definition) is 2. The number of hydrogen-bond acceptors (Lipinski definition) is 2. The summed E-state index contributed by atoms with van der Waals surface area (Å²) in [4.78, 5) is 0. The van der Waals surface area contributed by atoms with E-state index in [1.165, 1.54) is 6.42 Å². The monoisotopic (exact) mass is 75.0 g/mol. The van der Waals surface area contributed by atoms with Gasteiger partial charge in [-0.25, -0.2) is 0 Å². The Labute approximate surface area is 31.1 Å². The average molecular weight is 75.1 g/mol. The van der Waals surface area contributed by atoms with Crippen LogP contribution in [-0.4, -0.2) is 16.5 Å². The Hall–Kier alpha value is -0.0800. The van der Waals surface area contributed by atoms with Crippen molar-refractivity contribution in [1.29, 1.82) is 0 Å². The van der Waals surface area contributed by atoms with Gasteiger partial charge in [-0.15, -0.1) is 0 Å². The van der Waals surface area contributed by atoms with Crippen molar-refractivity contribution in [2.75, 3.05) is 0 Å². The van der Waals surface area contributed by atoms with E-state index in [2.05, 4.69) is 0 Å². The van der Waals surface area contributed by atoms with Crippen molar-refractivity contribution >= 4 is 0 Å². The standard InChI is InChI=1S/C3H7O2/c1-2-3(4)5/h2-5H,1H3. The first-order chi connectivity index (χ1) is 2.27. The molecule has 0 aromatic heterocycles. The highest BCUT2D eigenvalue weighted by Gasteiger charge is 1.84. The van der Waals surface area contributed by atoms with E-state index in [0.717, 1.165) is 0 Å². The highest BCUT2D eigenvalue weighted by atomic mass is 16.5. The second-order valence-corrected chi connectivity index (χ2v) is 0.747. The smallest absolute Gasteiger partial charge is 0.154 e. The summed E-state index contributed by atoms with van der Waals surface area (Å²) in [6.07, 6.45) is 0.0370. The third kappa shape index (κ3) is 3.92. The molecule has 0 aromatic carbocycles. The molecular formula is C3H7O2. The lowest BCUT2D eigenvalue weighted by molar-refractivity contribution is -0.0109. The predicted octanol–water partition coefficient (Wildman–Crippen LogP) is -0.479. The van der Waals surface area contributed by atoms with E-state index in [0.29, 0.717) is 0 Å². The Morgan fingerprint density at radius 2 is 1.80 bits per heavy atom. The van der Waals surface area contributed by atoms with Crippen molar-refractivity contribution in [1.82, 2.24) is 0 Å². The zero-order valence-electron chi connectivity index (χ0n) is 3.05. The third-order valence-corrected chi connectivity index (χ3v) is 0.298. The molecular weight excluding hydrogens is 68.0 g/mol. The van der Waals surface area contributed by atoms with Gasteiger partial charge in [-0.3, -0.25) is 0 Å². The Morgan fingerprint density at radius 3 is 1.80 bits per heavy atom. The van der Waals surface area contributed by atoms with Gasteiger partial charge >= 0.3 is 0 Å². The first-order valence-electron chi connectivity index (χ1n) is 1.43. The van der Waals surface area contributed by atoms with Gasteiger partial charge in [0, 0.05) is 6.42 Å². The molecule has 0 saturated heterocycles. The van der Waals surface area contributed by atoms with E-state index in [-0.39, 0.29) is 0 Å². The van der Waals surface area contributed by atoms with Gasteiger partial charge in [-0.1, -0.05) is 6.92 Å². The molecule has 0 spiro atoms. The topological polar surface area (TPSA) is 40.5 Å². The molecule has 2 N–H and O–H groups in total. The summed E-state index contributed by atoms with van der Waals surface area (Å²) in [5.41, 5.74) is 0. The van der Waals surface area contributed by atoms with Crippen LogP contribution in [-0.2, 0) is 0 Å². The van der Waals surface area contributed by atoms with E-state index >= 15 is 0 Å². The fraction of sp³-hybridized carbons (Fsp3) is 0.667. The highest BCUT2D eigenvalue weighted by molar-refractivity contribution is 4.53. The molecule has 0 aliphatic rings. The molecule has 0 unspecified atom stereocenters. The number of aliphatic hydroxyl groups is 2. The van der Waals surface area contributed by atoms with E-state index in [4.69, 9.17) is 10.2 Å². The number of aliphatic hydroxyl groups excluding tert-OH is 1. The first kappa shape index (κ1) is 4.92. The molecule has 0 amide bonds. The SMILES string of the molecule is C[CH]C(O)O. The van der Waals surface area contributed by atoms with Crippen molar-refractivity contribution in [2.45, 2.75) is 13.2 Å². The van der Waals surface area contributed by atoms with E-state index < -0.39 is 6.29 Å². The Balaban J connectivity index is 2.54. The van der Waals surface area contributed by atoms with E-state index in [1.807, 2.05) is 0 Å². The summed E-state index contributed by atoms with van der Waals surface area (Å²) in [6.45, 7) is 1.57. The van der Waals surface area contributed by atoms with Crippen LogP contribution in [0.15, 0.2) is 0 Å². The van der Waals surface area contributed by atoms with Gasteiger partial charge in [0.25, 0.3) is 0 Å². The summed E-state index contributed by atoms with van der Waals surface area (Å²) in [7, 11) is 0. The highest BCUT2D eigenvalue weighted by Crippen LogP contribution is 1.75. The maximum absolute atomic E-state index is 7.86. The molecule has 0 fully saturated rings. The molecule has 31 valence electrons. The summed E-state index contributed by atoms with van der Waals surface area (Å²) in [5, 5.41) is 15.7. The zero-order valence-corrected chi connectivity index (χ0v) is 3.05. The van der Waals surface area contributed by atoms with Gasteiger partial charge in [0.1, 0.15) is 0 Å². The fourth-order valence-electron chi connectivity index (χ4n) is 0. The first-order valence-corrected chi connectivity index (χ1v) is 1.43. The van der Waals surface area contributed by atoms with Crippen LogP contribution >= 0.6 is 0 Å². The predicted molar refractivity (Wildman–Crippen MR) is 18.2 cm³/mol. The van der Waals surface area contributed by atoms with Gasteiger partial charge in [-0.2, -0.15) is 0 Å². The van der Waals surface area contributed by atoms with Crippen molar-refractivity contribution in [3.8, 4) is 0 Å². The van der Waals surface area contributed by atoms with Crippen LogP contribution in [0.2, 0.25) is 0 Å². The second kappa shape index (κ2) is 2.18. The zero-order chi connectivity index (χ0) is 4.28. The van der Waals surface area contributed by atoms with E-state index in [1.54, 1.807) is 6.92 Å². The molecule has 0 aromatic rings. The maximum Gasteiger partial charge on any atom is 0.154 e. The molecule has 0 heterocycles. The van der Waals surface area contributed by atoms with Crippen LogP contribution < -0.4 is 0 Å². The van der Waals surface area contributed by atoms with Crippen LogP contribution in [0.4, 0.5) is 0 Å². The van der Waals surface area contributed by atoms with Crippen molar-refractivity contribution < 1.29 is 10.2 Å². The molecule has 2 heteroatoms. The summed E-state index contributed by atoms with van der Waals surface area (Å²) in [6, 6.07) is 0. The van der Waals surface area contributed by atoms with Gasteiger partial charge in [0.15, 0.2) is 6.29 Å². The Morgan fingerprint density at radius 1 is 1.60 bits per heavy atom. The largest absolute Gasteiger partial charge is 0.368 e. The third-order valence-electron chi connectivity index (χ3n) is 0.298. The average Bonchev–Trinajstić information content (AvgIpc) is 1.38. The van der Waals surface area contributed by atoms with E-state index in [9.17, 15) is 0 Å². The minimum atomic E-state index is -1.24. The molecule has 5 heavy (non-hydrogen) atoms. The van der Waals surface area contributed by atoms with Crippen molar-refractivity contribution in [3.63, 3.8) is 0 Å². The molecule has 0 aliphatic carbocycles. The fourth-order valence-corrected chi connectivity index (χ4v) is 0. The van der Waals surface area contributed by atoms with Crippen molar-refractivity contribution in [2.24, 2.45) is 0 Å². The normalized spacial score (nSPS) is 9.60.